The van der Waals surface area contributed by atoms with Crippen LogP contribution in [-0.2, 0) is 0 Å². The molecule has 0 saturated carbocycles. The molecule has 1 heterocycles. The van der Waals surface area contributed by atoms with E-state index in [9.17, 15) is 8.78 Å². The molecule has 2 nitrogen and oxygen atoms in total. The number of aryl methyl sites for hydroxylation is 1. The quantitative estimate of drug-likeness (QED) is 0.922. The van der Waals surface area contributed by atoms with Crippen LogP contribution >= 0.6 is 0 Å². The summed E-state index contributed by atoms with van der Waals surface area (Å²) in [6, 6.07) is 10.5. The van der Waals surface area contributed by atoms with E-state index in [-0.39, 0.29) is 12.0 Å². The topological polar surface area (TPSA) is 29.3 Å². The predicted octanol–water partition coefficient (Wildman–Crippen LogP) is 3.35. The minimum absolute atomic E-state index is 0.0257. The molecular weight excluding hydrogens is 282 g/mol. The van der Waals surface area contributed by atoms with Crippen LogP contribution in [0.1, 0.15) is 34.2 Å². The van der Waals surface area contributed by atoms with Crippen molar-refractivity contribution >= 4 is 0 Å². The molecule has 1 aliphatic rings. The number of fused-ring (bicyclic) bond motifs is 1. The number of likely N-dealkylation sites (N-methyl/N-ethyl adjacent to an activating group) is 1. The highest BCUT2D eigenvalue weighted by Gasteiger charge is 2.32. The van der Waals surface area contributed by atoms with E-state index >= 15 is 0 Å². The van der Waals surface area contributed by atoms with Gasteiger partial charge in [0.1, 0.15) is 0 Å². The van der Waals surface area contributed by atoms with Crippen LogP contribution in [0.3, 0.4) is 0 Å². The van der Waals surface area contributed by atoms with Gasteiger partial charge in [-0.25, -0.2) is 8.78 Å². The molecule has 2 unspecified atom stereocenters. The number of hydrogen-bond donors (Lipinski definition) is 1. The molecule has 2 aromatic rings. The van der Waals surface area contributed by atoms with Gasteiger partial charge in [0.15, 0.2) is 11.6 Å². The van der Waals surface area contributed by atoms with Crippen molar-refractivity contribution in [2.24, 2.45) is 5.73 Å². The van der Waals surface area contributed by atoms with Gasteiger partial charge in [-0.3, -0.25) is 4.90 Å². The van der Waals surface area contributed by atoms with Gasteiger partial charge in [0.25, 0.3) is 0 Å². The lowest BCUT2D eigenvalue weighted by molar-refractivity contribution is 0.222. The van der Waals surface area contributed by atoms with Crippen molar-refractivity contribution in [3.8, 4) is 0 Å². The van der Waals surface area contributed by atoms with E-state index in [4.69, 9.17) is 5.73 Å². The Morgan fingerprint density at radius 1 is 1.18 bits per heavy atom. The molecule has 0 radical (unpaired) electrons. The van der Waals surface area contributed by atoms with Crippen molar-refractivity contribution in [3.63, 3.8) is 0 Å². The average molecular weight is 302 g/mol. The molecule has 0 spiro atoms. The molecule has 0 aliphatic carbocycles. The lowest BCUT2D eigenvalue weighted by atomic mass is 9.80. The summed E-state index contributed by atoms with van der Waals surface area (Å²) in [5, 5.41) is 0. The van der Waals surface area contributed by atoms with Gasteiger partial charge in [0, 0.05) is 25.0 Å². The Labute approximate surface area is 129 Å². The Morgan fingerprint density at radius 3 is 2.64 bits per heavy atom. The van der Waals surface area contributed by atoms with Crippen LogP contribution in [0.4, 0.5) is 8.78 Å². The molecule has 0 amide bonds. The first-order valence-electron chi connectivity index (χ1n) is 7.47. The Balaban J connectivity index is 2.14. The highest BCUT2D eigenvalue weighted by molar-refractivity contribution is 5.46. The van der Waals surface area contributed by atoms with Crippen molar-refractivity contribution < 1.29 is 8.78 Å². The molecule has 2 atom stereocenters. The Hall–Kier alpha value is -1.78. The highest BCUT2D eigenvalue weighted by Crippen LogP contribution is 2.40. The van der Waals surface area contributed by atoms with E-state index in [1.807, 2.05) is 13.1 Å². The number of rotatable bonds is 2. The van der Waals surface area contributed by atoms with Crippen molar-refractivity contribution in [3.05, 3.63) is 70.3 Å². The largest absolute Gasteiger partial charge is 0.329 e. The third kappa shape index (κ3) is 2.42. The summed E-state index contributed by atoms with van der Waals surface area (Å²) in [4.78, 5) is 2.20. The van der Waals surface area contributed by atoms with Gasteiger partial charge in [-0.15, -0.1) is 0 Å². The fourth-order valence-electron chi connectivity index (χ4n) is 3.51. The second-order valence-electron chi connectivity index (χ2n) is 6.00. The Kier molecular flexibility index (Phi) is 3.98. The van der Waals surface area contributed by atoms with Crippen molar-refractivity contribution in [2.75, 3.05) is 20.1 Å². The van der Waals surface area contributed by atoms with Gasteiger partial charge < -0.3 is 5.73 Å². The van der Waals surface area contributed by atoms with E-state index in [2.05, 4.69) is 24.0 Å². The normalized spacial score (nSPS) is 21.7. The predicted molar refractivity (Wildman–Crippen MR) is 83.8 cm³/mol. The molecule has 2 N–H and O–H groups in total. The summed E-state index contributed by atoms with van der Waals surface area (Å²) in [5.41, 5.74) is 10.3. The third-order valence-corrected chi connectivity index (χ3v) is 4.64. The number of halogens is 2. The van der Waals surface area contributed by atoms with Gasteiger partial charge >= 0.3 is 0 Å². The first-order chi connectivity index (χ1) is 10.5. The van der Waals surface area contributed by atoms with Crippen LogP contribution < -0.4 is 5.73 Å². The molecule has 116 valence electrons. The molecule has 0 aromatic heterocycles. The maximum Gasteiger partial charge on any atom is 0.159 e. The Morgan fingerprint density at radius 2 is 1.95 bits per heavy atom. The van der Waals surface area contributed by atoms with Gasteiger partial charge in [-0.2, -0.15) is 0 Å². The van der Waals surface area contributed by atoms with Crippen LogP contribution in [0.25, 0.3) is 0 Å². The molecule has 0 fully saturated rings. The van der Waals surface area contributed by atoms with Gasteiger partial charge in [0.2, 0.25) is 0 Å². The smallest absolute Gasteiger partial charge is 0.159 e. The van der Waals surface area contributed by atoms with Crippen LogP contribution in [0.5, 0.6) is 0 Å². The maximum atomic E-state index is 13.6. The summed E-state index contributed by atoms with van der Waals surface area (Å²) >= 11 is 0. The second-order valence-corrected chi connectivity index (χ2v) is 6.00. The zero-order valence-corrected chi connectivity index (χ0v) is 12.8. The highest BCUT2D eigenvalue weighted by atomic mass is 19.2. The summed E-state index contributed by atoms with van der Waals surface area (Å²) in [5.74, 6) is -1.58. The molecule has 3 rings (SSSR count). The van der Waals surface area contributed by atoms with E-state index < -0.39 is 11.6 Å². The maximum absolute atomic E-state index is 13.6. The minimum atomic E-state index is -0.808. The molecule has 0 bridgehead atoms. The van der Waals surface area contributed by atoms with Crippen molar-refractivity contribution in [1.82, 2.24) is 4.90 Å². The summed E-state index contributed by atoms with van der Waals surface area (Å²) < 4.78 is 26.8. The Bertz CT molecular complexity index is 699. The monoisotopic (exact) mass is 302 g/mol. The van der Waals surface area contributed by atoms with Crippen LogP contribution in [0.2, 0.25) is 0 Å². The minimum Gasteiger partial charge on any atom is -0.329 e. The van der Waals surface area contributed by atoms with E-state index in [1.165, 1.54) is 28.8 Å². The van der Waals surface area contributed by atoms with E-state index in [1.54, 1.807) is 6.07 Å². The van der Waals surface area contributed by atoms with E-state index in [0.29, 0.717) is 6.54 Å². The van der Waals surface area contributed by atoms with Crippen LogP contribution in [-0.4, -0.2) is 25.0 Å². The number of benzene rings is 2. The zero-order valence-electron chi connectivity index (χ0n) is 12.8. The fraction of sp³-hybridized carbons (Fsp3) is 0.333. The number of hydrogen-bond acceptors (Lipinski definition) is 2. The molecule has 22 heavy (non-hydrogen) atoms. The summed E-state index contributed by atoms with van der Waals surface area (Å²) in [7, 11) is 2.03. The van der Waals surface area contributed by atoms with Crippen molar-refractivity contribution in [2.45, 2.75) is 18.9 Å². The molecule has 2 aromatic carbocycles. The standard InChI is InChI=1S/C18H20F2N2/c1-11-4-3-5-13-14(10-22(2)17(9-21)18(11)13)12-6-7-15(19)16(20)8-12/h3-8,14,17H,9-10,21H2,1-2H3. The zero-order chi connectivity index (χ0) is 15.9. The van der Waals surface area contributed by atoms with Gasteiger partial charge in [-0.05, 0) is 48.4 Å². The van der Waals surface area contributed by atoms with Crippen LogP contribution in [0, 0.1) is 18.6 Å². The van der Waals surface area contributed by atoms with Crippen LogP contribution in [0.15, 0.2) is 36.4 Å². The molecular formula is C18H20F2N2. The van der Waals surface area contributed by atoms with Gasteiger partial charge in [0.05, 0.1) is 0 Å². The molecule has 1 aliphatic heterocycles. The average Bonchev–Trinajstić information content (AvgIpc) is 2.50. The summed E-state index contributed by atoms with van der Waals surface area (Å²) in [6.45, 7) is 3.35. The summed E-state index contributed by atoms with van der Waals surface area (Å²) in [6.07, 6.45) is 0. The number of nitrogens with two attached hydrogens (primary N) is 1. The molecule has 4 heteroatoms. The fourth-order valence-corrected chi connectivity index (χ4v) is 3.51. The SMILES string of the molecule is Cc1cccc2c1C(CN)N(C)CC2c1ccc(F)c(F)c1. The first-order valence-corrected chi connectivity index (χ1v) is 7.47. The second kappa shape index (κ2) is 5.78. The third-order valence-electron chi connectivity index (χ3n) is 4.64. The van der Waals surface area contributed by atoms with E-state index in [0.717, 1.165) is 12.1 Å². The molecule has 0 saturated heterocycles. The number of nitrogens with zero attached hydrogens (tertiary/aromatic N) is 1. The van der Waals surface area contributed by atoms with Gasteiger partial charge in [-0.1, -0.05) is 24.3 Å². The first kappa shape index (κ1) is 15.1. The van der Waals surface area contributed by atoms with Crippen molar-refractivity contribution in [1.29, 1.82) is 0 Å². The lowest BCUT2D eigenvalue weighted by Crippen LogP contribution is -2.39. The lowest BCUT2D eigenvalue weighted by Gasteiger charge is -2.40.